The number of rotatable bonds is 5. The molecule has 1 heterocycles. The van der Waals surface area contributed by atoms with Gasteiger partial charge in [-0.05, 0) is 26.7 Å². The van der Waals surface area contributed by atoms with Crippen LogP contribution in [0.1, 0.15) is 26.7 Å². The fourth-order valence-corrected chi connectivity index (χ4v) is 4.16. The molecule has 1 aliphatic carbocycles. The smallest absolute Gasteiger partial charge is 0.347 e. The van der Waals surface area contributed by atoms with Crippen molar-refractivity contribution in [3.63, 3.8) is 0 Å². The Balaban J connectivity index is 2.04. The van der Waals surface area contributed by atoms with Crippen molar-refractivity contribution in [2.75, 3.05) is 7.11 Å². The molecule has 1 aliphatic heterocycles. The fourth-order valence-electron chi connectivity index (χ4n) is 2.62. The first-order chi connectivity index (χ1) is 10.7. The van der Waals surface area contributed by atoms with E-state index in [1.54, 1.807) is 0 Å². The van der Waals surface area contributed by atoms with Gasteiger partial charge in [0, 0.05) is 12.7 Å². The summed E-state index contributed by atoms with van der Waals surface area (Å²) in [5.74, 6) is -1.50. The number of esters is 2. The van der Waals surface area contributed by atoms with Crippen LogP contribution >= 0.6 is 0 Å². The lowest BCUT2D eigenvalue weighted by molar-refractivity contribution is -0.181. The van der Waals surface area contributed by atoms with E-state index in [1.807, 2.05) is 0 Å². The number of hydrogen-bond acceptors (Lipinski definition) is 8. The van der Waals surface area contributed by atoms with Crippen LogP contribution in [0.25, 0.3) is 0 Å². The van der Waals surface area contributed by atoms with Gasteiger partial charge in [0.15, 0.2) is 12.2 Å². The molecule has 1 saturated carbocycles. The maximum absolute atomic E-state index is 12.1. The van der Waals surface area contributed by atoms with E-state index in [0.717, 1.165) is 0 Å². The van der Waals surface area contributed by atoms with Gasteiger partial charge in [0.1, 0.15) is 6.10 Å². The van der Waals surface area contributed by atoms with E-state index in [1.165, 1.54) is 21.0 Å². The van der Waals surface area contributed by atoms with Crippen LogP contribution in [0.5, 0.6) is 0 Å². The Morgan fingerprint density at radius 2 is 1.96 bits per heavy atom. The summed E-state index contributed by atoms with van der Waals surface area (Å²) in [6, 6.07) is 0. The highest BCUT2D eigenvalue weighted by atomic mass is 32.2. The molecular weight excluding hydrogens is 328 g/mol. The molecule has 0 aromatic carbocycles. The van der Waals surface area contributed by atoms with Crippen molar-refractivity contribution in [1.29, 1.82) is 0 Å². The quantitative estimate of drug-likeness (QED) is 0.397. The molecule has 2 rings (SSSR count). The first-order valence-corrected chi connectivity index (χ1v) is 8.64. The topological polar surface area (TPSA) is 105 Å². The third kappa shape index (κ3) is 3.73. The largest absolute Gasteiger partial charge is 0.454 e. The summed E-state index contributed by atoms with van der Waals surface area (Å²) >= 11 is 0. The van der Waals surface area contributed by atoms with Crippen molar-refractivity contribution in [1.82, 2.24) is 0 Å². The Labute approximate surface area is 134 Å². The van der Waals surface area contributed by atoms with Crippen LogP contribution in [-0.4, -0.2) is 57.1 Å². The molecule has 23 heavy (non-hydrogen) atoms. The van der Waals surface area contributed by atoms with Crippen LogP contribution in [0.15, 0.2) is 12.2 Å². The van der Waals surface area contributed by atoms with Crippen LogP contribution < -0.4 is 0 Å². The van der Waals surface area contributed by atoms with Crippen LogP contribution in [0.4, 0.5) is 0 Å². The van der Waals surface area contributed by atoms with Gasteiger partial charge in [-0.25, -0.2) is 9.59 Å². The summed E-state index contributed by atoms with van der Waals surface area (Å²) in [5, 5.41) is -0.647. The number of ether oxygens (including phenoxy) is 3. The van der Waals surface area contributed by atoms with Crippen molar-refractivity contribution in [2.24, 2.45) is 0 Å². The average molecular weight is 348 g/mol. The van der Waals surface area contributed by atoms with E-state index in [-0.39, 0.29) is 18.4 Å². The standard InChI is InChI=1S/C14H20O8S/c1-7(2)13(15)20-8(3)14(16)21-12-10(19-4)5-9-6-11(12)22-23(9,17)18/h8-12H,1,5-6H2,2-4H3. The van der Waals surface area contributed by atoms with Gasteiger partial charge < -0.3 is 14.2 Å². The Morgan fingerprint density at radius 1 is 1.30 bits per heavy atom. The van der Waals surface area contributed by atoms with Gasteiger partial charge in [-0.3, -0.25) is 4.18 Å². The van der Waals surface area contributed by atoms with E-state index in [2.05, 4.69) is 6.58 Å². The number of fused-ring (bicyclic) bond motifs is 2. The molecule has 1 saturated heterocycles. The van der Waals surface area contributed by atoms with Gasteiger partial charge in [-0.2, -0.15) is 8.42 Å². The predicted octanol–water partition coefficient (Wildman–Crippen LogP) is 0.312. The van der Waals surface area contributed by atoms with Gasteiger partial charge in [0.25, 0.3) is 10.1 Å². The summed E-state index contributed by atoms with van der Waals surface area (Å²) in [6.45, 7) is 6.24. The molecular formula is C14H20O8S. The molecule has 0 spiro atoms. The molecule has 0 aromatic rings. The summed E-state index contributed by atoms with van der Waals surface area (Å²) in [5.41, 5.74) is 0.158. The lowest BCUT2D eigenvalue weighted by atomic mass is 9.91. The third-order valence-corrected chi connectivity index (χ3v) is 5.63. The van der Waals surface area contributed by atoms with Gasteiger partial charge in [-0.15, -0.1) is 0 Å². The molecule has 0 aromatic heterocycles. The highest BCUT2D eigenvalue weighted by Crippen LogP contribution is 2.38. The molecule has 2 fully saturated rings. The maximum Gasteiger partial charge on any atom is 0.347 e. The number of carbonyl (C=O) groups excluding carboxylic acids is 2. The lowest BCUT2D eigenvalue weighted by Crippen LogP contribution is -2.47. The van der Waals surface area contributed by atoms with Crippen molar-refractivity contribution >= 4 is 22.1 Å². The Kier molecular flexibility index (Phi) is 5.12. The summed E-state index contributed by atoms with van der Waals surface area (Å²) in [4.78, 5) is 23.5. The van der Waals surface area contributed by atoms with Gasteiger partial charge >= 0.3 is 11.9 Å². The van der Waals surface area contributed by atoms with E-state index < -0.39 is 51.7 Å². The molecule has 5 unspecified atom stereocenters. The minimum Gasteiger partial charge on any atom is -0.454 e. The molecule has 5 atom stereocenters. The molecule has 2 aliphatic rings. The summed E-state index contributed by atoms with van der Waals surface area (Å²) in [6.07, 6.45) is -2.95. The van der Waals surface area contributed by atoms with Crippen molar-refractivity contribution in [2.45, 2.75) is 56.4 Å². The normalized spacial score (nSPS) is 32.8. The Hall–Kier alpha value is -1.45. The van der Waals surface area contributed by atoms with Crippen molar-refractivity contribution in [3.05, 3.63) is 12.2 Å². The van der Waals surface area contributed by atoms with Gasteiger partial charge in [-0.1, -0.05) is 6.58 Å². The van der Waals surface area contributed by atoms with Gasteiger partial charge in [0.2, 0.25) is 0 Å². The zero-order chi connectivity index (χ0) is 17.4. The fraction of sp³-hybridized carbons (Fsp3) is 0.714. The lowest BCUT2D eigenvalue weighted by Gasteiger charge is -2.32. The monoisotopic (exact) mass is 348 g/mol. The molecule has 130 valence electrons. The van der Waals surface area contributed by atoms with Crippen molar-refractivity contribution < 1.29 is 36.4 Å². The second-order valence-electron chi connectivity index (χ2n) is 5.72. The molecule has 0 amide bonds. The average Bonchev–Trinajstić information content (AvgIpc) is 2.71. The summed E-state index contributed by atoms with van der Waals surface area (Å²) < 4.78 is 44.0. The number of carbonyl (C=O) groups is 2. The SMILES string of the molecule is C=C(C)C(=O)OC(C)C(=O)OC1C(OC)CC2CC1OS2(=O)=O. The van der Waals surface area contributed by atoms with Gasteiger partial charge in [0.05, 0.1) is 11.4 Å². The zero-order valence-electron chi connectivity index (χ0n) is 13.2. The van der Waals surface area contributed by atoms with Crippen LogP contribution in [-0.2, 0) is 38.1 Å². The minimum absolute atomic E-state index is 0.158. The Morgan fingerprint density at radius 3 is 2.52 bits per heavy atom. The van der Waals surface area contributed by atoms with Crippen molar-refractivity contribution in [3.8, 4) is 0 Å². The third-order valence-electron chi connectivity index (χ3n) is 3.91. The molecule has 9 heteroatoms. The van der Waals surface area contributed by atoms with Crippen LogP contribution in [0.2, 0.25) is 0 Å². The van der Waals surface area contributed by atoms with Crippen LogP contribution in [0.3, 0.4) is 0 Å². The van der Waals surface area contributed by atoms with Crippen LogP contribution in [0, 0.1) is 0 Å². The minimum atomic E-state index is -3.65. The second kappa shape index (κ2) is 6.58. The molecule has 8 nitrogen and oxygen atoms in total. The second-order valence-corrected chi connectivity index (χ2v) is 7.57. The number of methoxy groups -OCH3 is 1. The maximum atomic E-state index is 12.1. The number of hydrogen-bond donors (Lipinski definition) is 0. The first kappa shape index (κ1) is 17.9. The highest BCUT2D eigenvalue weighted by molar-refractivity contribution is 7.87. The zero-order valence-corrected chi connectivity index (χ0v) is 14.0. The molecule has 2 bridgehead atoms. The molecule has 0 radical (unpaired) electrons. The predicted molar refractivity (Wildman–Crippen MR) is 77.9 cm³/mol. The highest BCUT2D eigenvalue weighted by Gasteiger charge is 2.53. The molecule has 0 N–H and O–H groups in total. The Bertz CT molecular complexity index is 610. The van der Waals surface area contributed by atoms with E-state index >= 15 is 0 Å². The summed E-state index contributed by atoms with van der Waals surface area (Å²) in [7, 11) is -2.24. The van der Waals surface area contributed by atoms with E-state index in [9.17, 15) is 18.0 Å². The first-order valence-electron chi connectivity index (χ1n) is 7.17. The van der Waals surface area contributed by atoms with E-state index in [0.29, 0.717) is 0 Å². The van der Waals surface area contributed by atoms with E-state index in [4.69, 9.17) is 18.4 Å².